The highest BCUT2D eigenvalue weighted by Gasteiger charge is 2.04. The van der Waals surface area contributed by atoms with Gasteiger partial charge < -0.3 is 5.32 Å². The summed E-state index contributed by atoms with van der Waals surface area (Å²) in [6.07, 6.45) is 3.50. The molecule has 1 N–H and O–H groups in total. The molecule has 0 bridgehead atoms. The van der Waals surface area contributed by atoms with Gasteiger partial charge in [0.2, 0.25) is 0 Å². The highest BCUT2D eigenvalue weighted by molar-refractivity contribution is 6.42. The Morgan fingerprint density at radius 2 is 2.00 bits per heavy atom. The molecule has 71 valence electrons. The van der Waals surface area contributed by atoms with E-state index in [2.05, 4.69) is 10.3 Å². The van der Waals surface area contributed by atoms with Crippen LogP contribution < -0.4 is 5.32 Å². The SMILES string of the molecule is Clc1ccc(C2=C[CH]NC=N2)cc1Cl. The average Bonchev–Trinajstić information content (AvgIpc) is 2.23. The number of aliphatic imine (C=N–C) groups is 1. The van der Waals surface area contributed by atoms with E-state index in [-0.39, 0.29) is 0 Å². The zero-order chi connectivity index (χ0) is 9.97. The summed E-state index contributed by atoms with van der Waals surface area (Å²) in [5, 5.41) is 3.95. The fraction of sp³-hybridized carbons (Fsp3) is 0. The summed E-state index contributed by atoms with van der Waals surface area (Å²) in [6, 6.07) is 5.44. The molecule has 0 saturated carbocycles. The van der Waals surface area contributed by atoms with Crippen LogP contribution in [0.5, 0.6) is 0 Å². The smallest absolute Gasteiger partial charge is 0.0891 e. The van der Waals surface area contributed by atoms with Crippen molar-refractivity contribution in [3.05, 3.63) is 46.4 Å². The molecule has 1 aliphatic rings. The van der Waals surface area contributed by atoms with Crippen molar-refractivity contribution in [3.8, 4) is 0 Å². The number of rotatable bonds is 1. The first kappa shape index (κ1) is 9.56. The number of benzene rings is 1. The molecular weight excluding hydrogens is 219 g/mol. The van der Waals surface area contributed by atoms with Crippen molar-refractivity contribution < 1.29 is 0 Å². The van der Waals surface area contributed by atoms with Crippen LogP contribution in [0.3, 0.4) is 0 Å². The van der Waals surface area contributed by atoms with Crippen LogP contribution in [0.25, 0.3) is 5.70 Å². The van der Waals surface area contributed by atoms with Crippen molar-refractivity contribution in [1.29, 1.82) is 0 Å². The number of nitrogens with zero attached hydrogens (tertiary/aromatic N) is 1. The molecule has 1 aromatic rings. The largest absolute Gasteiger partial charge is 0.367 e. The molecule has 0 saturated heterocycles. The van der Waals surface area contributed by atoms with Crippen LogP contribution in [0.2, 0.25) is 10.0 Å². The van der Waals surface area contributed by atoms with Gasteiger partial charge in [0.15, 0.2) is 0 Å². The molecule has 1 heterocycles. The van der Waals surface area contributed by atoms with E-state index < -0.39 is 0 Å². The maximum atomic E-state index is 5.90. The van der Waals surface area contributed by atoms with Gasteiger partial charge in [-0.25, -0.2) is 4.99 Å². The summed E-state index contributed by atoms with van der Waals surface area (Å²) in [6.45, 7) is 1.81. The quantitative estimate of drug-likeness (QED) is 0.781. The Morgan fingerprint density at radius 3 is 2.64 bits per heavy atom. The summed E-state index contributed by atoms with van der Waals surface area (Å²) in [4.78, 5) is 4.16. The Balaban J connectivity index is 2.37. The highest BCUT2D eigenvalue weighted by atomic mass is 35.5. The van der Waals surface area contributed by atoms with Crippen LogP contribution in [0.1, 0.15) is 5.56 Å². The topological polar surface area (TPSA) is 24.4 Å². The fourth-order valence-corrected chi connectivity index (χ4v) is 1.44. The summed E-state index contributed by atoms with van der Waals surface area (Å²) in [5.41, 5.74) is 1.82. The predicted octanol–water partition coefficient (Wildman–Crippen LogP) is 3.13. The molecule has 0 fully saturated rings. The third-order valence-electron chi connectivity index (χ3n) is 1.83. The molecular formula is C10H7Cl2N2. The normalized spacial score (nSPS) is 14.9. The van der Waals surface area contributed by atoms with E-state index in [1.165, 1.54) is 0 Å². The van der Waals surface area contributed by atoms with Crippen molar-refractivity contribution in [2.24, 2.45) is 4.99 Å². The molecule has 1 aromatic carbocycles. The lowest BCUT2D eigenvalue weighted by Crippen LogP contribution is -2.08. The summed E-state index contributed by atoms with van der Waals surface area (Å²) in [5.74, 6) is 0. The molecule has 2 rings (SSSR count). The Labute approximate surface area is 92.2 Å². The first-order valence-electron chi connectivity index (χ1n) is 4.05. The lowest BCUT2D eigenvalue weighted by molar-refractivity contribution is 1.18. The molecule has 2 nitrogen and oxygen atoms in total. The van der Waals surface area contributed by atoms with E-state index in [9.17, 15) is 0 Å². The summed E-state index contributed by atoms with van der Waals surface area (Å²) < 4.78 is 0. The number of halogens is 2. The van der Waals surface area contributed by atoms with Gasteiger partial charge in [0.25, 0.3) is 0 Å². The number of hydrogen-bond acceptors (Lipinski definition) is 2. The van der Waals surface area contributed by atoms with Crippen LogP contribution in [-0.4, -0.2) is 6.34 Å². The molecule has 0 atom stereocenters. The van der Waals surface area contributed by atoms with Gasteiger partial charge in [-0.1, -0.05) is 29.3 Å². The molecule has 0 aliphatic carbocycles. The van der Waals surface area contributed by atoms with Crippen LogP contribution >= 0.6 is 23.2 Å². The van der Waals surface area contributed by atoms with E-state index in [0.717, 1.165) is 11.3 Å². The van der Waals surface area contributed by atoms with Gasteiger partial charge in [-0.05, 0) is 18.2 Å². The van der Waals surface area contributed by atoms with E-state index >= 15 is 0 Å². The molecule has 4 heteroatoms. The van der Waals surface area contributed by atoms with Gasteiger partial charge in [0.1, 0.15) is 0 Å². The van der Waals surface area contributed by atoms with E-state index in [0.29, 0.717) is 10.0 Å². The Hall–Kier alpha value is -0.990. The van der Waals surface area contributed by atoms with Crippen molar-refractivity contribution in [1.82, 2.24) is 5.32 Å². The highest BCUT2D eigenvalue weighted by Crippen LogP contribution is 2.26. The molecule has 14 heavy (non-hydrogen) atoms. The van der Waals surface area contributed by atoms with E-state index in [4.69, 9.17) is 23.2 Å². The average molecular weight is 226 g/mol. The first-order chi connectivity index (χ1) is 6.77. The number of hydrogen-bond donors (Lipinski definition) is 1. The monoisotopic (exact) mass is 225 g/mol. The zero-order valence-electron chi connectivity index (χ0n) is 7.17. The van der Waals surface area contributed by atoms with Crippen molar-refractivity contribution in [3.63, 3.8) is 0 Å². The second-order valence-electron chi connectivity index (χ2n) is 2.77. The van der Waals surface area contributed by atoms with Gasteiger partial charge in [0, 0.05) is 5.56 Å². The molecule has 0 aromatic heterocycles. The molecule has 0 unspecified atom stereocenters. The second-order valence-corrected chi connectivity index (χ2v) is 3.59. The molecule has 1 radical (unpaired) electrons. The zero-order valence-corrected chi connectivity index (χ0v) is 8.68. The Bertz CT molecular complexity index is 411. The van der Waals surface area contributed by atoms with Gasteiger partial charge >= 0.3 is 0 Å². The summed E-state index contributed by atoms with van der Waals surface area (Å²) >= 11 is 11.7. The minimum absolute atomic E-state index is 0.541. The third kappa shape index (κ3) is 1.91. The molecule has 0 spiro atoms. The van der Waals surface area contributed by atoms with Gasteiger partial charge in [-0.3, -0.25) is 0 Å². The lowest BCUT2D eigenvalue weighted by atomic mass is 10.1. The van der Waals surface area contributed by atoms with Gasteiger partial charge in [0.05, 0.1) is 28.6 Å². The summed E-state index contributed by atoms with van der Waals surface area (Å²) in [7, 11) is 0. The van der Waals surface area contributed by atoms with Gasteiger partial charge in [-0.2, -0.15) is 0 Å². The maximum absolute atomic E-state index is 5.90. The van der Waals surface area contributed by atoms with Gasteiger partial charge in [-0.15, -0.1) is 0 Å². The van der Waals surface area contributed by atoms with Crippen LogP contribution in [0.15, 0.2) is 29.3 Å². The minimum atomic E-state index is 0.541. The number of nitrogens with one attached hydrogen (secondary N) is 1. The minimum Gasteiger partial charge on any atom is -0.367 e. The Kier molecular flexibility index (Phi) is 2.75. The predicted molar refractivity (Wildman–Crippen MR) is 60.4 cm³/mol. The van der Waals surface area contributed by atoms with Crippen LogP contribution in [-0.2, 0) is 0 Å². The van der Waals surface area contributed by atoms with Crippen molar-refractivity contribution >= 4 is 35.2 Å². The standard InChI is InChI=1S/C10H7Cl2N2/c11-8-2-1-7(5-9(8)12)10-3-4-13-6-14-10/h1-6H,(H,13,14). The van der Waals surface area contributed by atoms with E-state index in [1.54, 1.807) is 18.5 Å². The molecule has 1 aliphatic heterocycles. The second kappa shape index (κ2) is 4.03. The van der Waals surface area contributed by atoms with Crippen LogP contribution in [0.4, 0.5) is 0 Å². The van der Waals surface area contributed by atoms with Crippen LogP contribution in [0, 0.1) is 6.54 Å². The Morgan fingerprint density at radius 1 is 1.14 bits per heavy atom. The first-order valence-corrected chi connectivity index (χ1v) is 4.80. The van der Waals surface area contributed by atoms with Crippen molar-refractivity contribution in [2.45, 2.75) is 0 Å². The van der Waals surface area contributed by atoms with Crippen molar-refractivity contribution in [2.75, 3.05) is 0 Å². The molecule has 0 amide bonds. The fourth-order valence-electron chi connectivity index (χ4n) is 1.15. The van der Waals surface area contributed by atoms with E-state index in [1.807, 2.05) is 18.7 Å². The maximum Gasteiger partial charge on any atom is 0.0891 e. The third-order valence-corrected chi connectivity index (χ3v) is 2.57. The lowest BCUT2D eigenvalue weighted by Gasteiger charge is -2.07.